The molecule has 1 aromatic carbocycles. The van der Waals surface area contributed by atoms with E-state index in [2.05, 4.69) is 24.0 Å². The van der Waals surface area contributed by atoms with Crippen LogP contribution in [0.2, 0.25) is 0 Å². The number of benzene rings is 1. The molecule has 146 valence electrons. The van der Waals surface area contributed by atoms with Crippen LogP contribution in [0.4, 0.5) is 0 Å². The molecule has 0 spiro atoms. The second kappa shape index (κ2) is 6.53. The minimum atomic E-state index is -0.265. The number of hydrogen-bond acceptors (Lipinski definition) is 2. The van der Waals surface area contributed by atoms with Gasteiger partial charge in [-0.05, 0) is 92.7 Å². The molecule has 1 heterocycles. The van der Waals surface area contributed by atoms with Gasteiger partial charge in [0.1, 0.15) is 5.75 Å². The van der Waals surface area contributed by atoms with Crippen molar-refractivity contribution in [1.82, 2.24) is 4.90 Å². The summed E-state index contributed by atoms with van der Waals surface area (Å²) in [5.74, 6) is 4.80. The molecule has 0 N–H and O–H groups in total. The lowest BCUT2D eigenvalue weighted by atomic mass is 9.53. The molecular weight excluding hydrogens is 334 g/mol. The van der Waals surface area contributed by atoms with Crippen LogP contribution in [0.15, 0.2) is 24.3 Å². The zero-order valence-corrected chi connectivity index (χ0v) is 16.8. The predicted octanol–water partition coefficient (Wildman–Crippen LogP) is 4.69. The number of carbonyl (C=O) groups is 1. The number of methoxy groups -OCH3 is 1. The Balaban J connectivity index is 1.37. The van der Waals surface area contributed by atoms with Crippen molar-refractivity contribution in [3.8, 4) is 5.75 Å². The summed E-state index contributed by atoms with van der Waals surface area (Å²) in [6.07, 6.45) is 9.99. The number of rotatable bonds is 4. The molecule has 1 unspecified atom stereocenters. The molecule has 0 radical (unpaired) electrons. The summed E-state index contributed by atoms with van der Waals surface area (Å²) >= 11 is 0. The van der Waals surface area contributed by atoms with Crippen molar-refractivity contribution in [3.63, 3.8) is 0 Å². The molecule has 0 aromatic heterocycles. The van der Waals surface area contributed by atoms with E-state index in [1.54, 1.807) is 7.11 Å². The van der Waals surface area contributed by atoms with Gasteiger partial charge in [0.15, 0.2) is 0 Å². The Labute approximate surface area is 163 Å². The van der Waals surface area contributed by atoms with Crippen LogP contribution >= 0.6 is 0 Å². The van der Waals surface area contributed by atoms with Crippen LogP contribution in [-0.2, 0) is 11.2 Å². The summed E-state index contributed by atoms with van der Waals surface area (Å²) in [4.78, 5) is 16.1. The molecule has 1 aliphatic heterocycles. The smallest absolute Gasteiger partial charge is 0.229 e. The van der Waals surface area contributed by atoms with E-state index in [1.165, 1.54) is 37.7 Å². The standard InChI is InChI=1S/C24H33NO2/c1-24(15-16-5-3-6-21(14-16)27-2)7-4-8-25(23(24)26)22-19-10-17-9-18(12-19)13-20(22)11-17/h3,5-6,14,17-20,22H,4,7-13,15H2,1-2H3. The first-order chi connectivity index (χ1) is 13.1. The van der Waals surface area contributed by atoms with Gasteiger partial charge < -0.3 is 9.64 Å². The summed E-state index contributed by atoms with van der Waals surface area (Å²) in [7, 11) is 1.71. The SMILES string of the molecule is COc1cccc(CC2(C)CCCN(C3C4CC5CC(C4)CC3C5)C2=O)c1. The number of amides is 1. The van der Waals surface area contributed by atoms with E-state index in [9.17, 15) is 4.79 Å². The first-order valence-electron chi connectivity index (χ1n) is 11.0. The molecule has 4 aliphatic carbocycles. The van der Waals surface area contributed by atoms with Crippen LogP contribution < -0.4 is 4.74 Å². The van der Waals surface area contributed by atoms with Crippen molar-refractivity contribution in [2.45, 2.75) is 64.3 Å². The van der Waals surface area contributed by atoms with Crippen molar-refractivity contribution in [2.24, 2.45) is 29.1 Å². The van der Waals surface area contributed by atoms with Crippen LogP contribution in [0.1, 0.15) is 57.4 Å². The van der Waals surface area contributed by atoms with Crippen molar-refractivity contribution in [2.75, 3.05) is 13.7 Å². The molecule has 5 fully saturated rings. The van der Waals surface area contributed by atoms with Gasteiger partial charge in [0.05, 0.1) is 12.5 Å². The molecular formula is C24H33NO2. The quantitative estimate of drug-likeness (QED) is 0.772. The number of likely N-dealkylation sites (tertiary alicyclic amines) is 1. The van der Waals surface area contributed by atoms with E-state index in [0.717, 1.165) is 55.2 Å². The number of nitrogens with zero attached hydrogens (tertiary/aromatic N) is 1. The number of carbonyl (C=O) groups excluding carboxylic acids is 1. The summed E-state index contributed by atoms with van der Waals surface area (Å²) < 4.78 is 5.39. The van der Waals surface area contributed by atoms with Gasteiger partial charge in [-0.3, -0.25) is 4.79 Å². The highest BCUT2D eigenvalue weighted by atomic mass is 16.5. The Morgan fingerprint density at radius 2 is 1.81 bits per heavy atom. The molecule has 1 aromatic rings. The van der Waals surface area contributed by atoms with E-state index in [4.69, 9.17) is 4.74 Å². The molecule has 3 nitrogen and oxygen atoms in total. The zero-order chi connectivity index (χ0) is 18.6. The fourth-order valence-corrected chi connectivity index (χ4v) is 7.28. The van der Waals surface area contributed by atoms with Gasteiger partial charge in [-0.1, -0.05) is 19.1 Å². The normalized spacial score (nSPS) is 40.4. The maximum absolute atomic E-state index is 13.7. The first kappa shape index (κ1) is 17.6. The number of hydrogen-bond donors (Lipinski definition) is 0. The summed E-state index contributed by atoms with van der Waals surface area (Å²) in [5, 5.41) is 0. The Kier molecular flexibility index (Phi) is 4.25. The van der Waals surface area contributed by atoms with E-state index in [1.807, 2.05) is 12.1 Å². The second-order valence-electron chi connectivity index (χ2n) is 10.1. The molecule has 1 amide bonds. The van der Waals surface area contributed by atoms with E-state index >= 15 is 0 Å². The van der Waals surface area contributed by atoms with Gasteiger partial charge in [-0.15, -0.1) is 0 Å². The summed E-state index contributed by atoms with van der Waals surface area (Å²) in [6, 6.07) is 8.80. The highest BCUT2D eigenvalue weighted by Gasteiger charge is 2.53. The molecule has 1 saturated heterocycles. The van der Waals surface area contributed by atoms with Crippen molar-refractivity contribution in [1.29, 1.82) is 0 Å². The molecule has 27 heavy (non-hydrogen) atoms. The third-order valence-corrected chi connectivity index (χ3v) is 8.17. The molecule has 4 saturated carbocycles. The van der Waals surface area contributed by atoms with E-state index in [-0.39, 0.29) is 5.41 Å². The maximum atomic E-state index is 13.7. The Hall–Kier alpha value is -1.51. The lowest BCUT2D eigenvalue weighted by Crippen LogP contribution is -2.61. The van der Waals surface area contributed by atoms with E-state index < -0.39 is 0 Å². The van der Waals surface area contributed by atoms with Crippen molar-refractivity contribution in [3.05, 3.63) is 29.8 Å². The topological polar surface area (TPSA) is 29.5 Å². The highest BCUT2D eigenvalue weighted by molar-refractivity contribution is 5.84. The zero-order valence-electron chi connectivity index (χ0n) is 16.8. The molecule has 3 heteroatoms. The van der Waals surface area contributed by atoms with Crippen LogP contribution in [-0.4, -0.2) is 30.5 Å². The fourth-order valence-electron chi connectivity index (χ4n) is 7.28. The molecule has 5 aliphatic rings. The minimum absolute atomic E-state index is 0.265. The Morgan fingerprint density at radius 3 is 2.48 bits per heavy atom. The third kappa shape index (κ3) is 2.98. The average molecular weight is 368 g/mol. The van der Waals surface area contributed by atoms with Crippen molar-refractivity contribution >= 4 is 5.91 Å². The van der Waals surface area contributed by atoms with Gasteiger partial charge >= 0.3 is 0 Å². The van der Waals surface area contributed by atoms with Gasteiger partial charge in [-0.2, -0.15) is 0 Å². The van der Waals surface area contributed by atoms with Gasteiger partial charge in [0, 0.05) is 12.6 Å². The van der Waals surface area contributed by atoms with Crippen LogP contribution in [0.25, 0.3) is 0 Å². The number of piperidine rings is 1. The lowest BCUT2D eigenvalue weighted by molar-refractivity contribution is -0.158. The van der Waals surface area contributed by atoms with Gasteiger partial charge in [-0.25, -0.2) is 0 Å². The van der Waals surface area contributed by atoms with Gasteiger partial charge in [0.2, 0.25) is 5.91 Å². The van der Waals surface area contributed by atoms with Gasteiger partial charge in [0.25, 0.3) is 0 Å². The molecule has 1 atom stereocenters. The summed E-state index contributed by atoms with van der Waals surface area (Å²) in [5.41, 5.74) is 0.955. The Bertz CT molecular complexity index is 701. The van der Waals surface area contributed by atoms with Crippen molar-refractivity contribution < 1.29 is 9.53 Å². The van der Waals surface area contributed by atoms with Crippen LogP contribution in [0, 0.1) is 29.1 Å². The van der Waals surface area contributed by atoms with Crippen LogP contribution in [0.5, 0.6) is 5.75 Å². The monoisotopic (exact) mass is 367 g/mol. The minimum Gasteiger partial charge on any atom is -0.497 e. The third-order valence-electron chi connectivity index (χ3n) is 8.17. The Morgan fingerprint density at radius 1 is 1.11 bits per heavy atom. The lowest BCUT2D eigenvalue weighted by Gasteiger charge is -2.58. The number of ether oxygens (including phenoxy) is 1. The largest absolute Gasteiger partial charge is 0.497 e. The molecule has 4 bridgehead atoms. The maximum Gasteiger partial charge on any atom is 0.229 e. The first-order valence-corrected chi connectivity index (χ1v) is 11.0. The summed E-state index contributed by atoms with van der Waals surface area (Å²) in [6.45, 7) is 3.19. The molecule has 6 rings (SSSR count). The average Bonchev–Trinajstić information content (AvgIpc) is 2.64. The highest BCUT2D eigenvalue weighted by Crippen LogP contribution is 2.56. The predicted molar refractivity (Wildman–Crippen MR) is 107 cm³/mol. The van der Waals surface area contributed by atoms with E-state index in [0.29, 0.717) is 11.9 Å². The van der Waals surface area contributed by atoms with Crippen LogP contribution in [0.3, 0.4) is 0 Å². The fraction of sp³-hybridized carbons (Fsp3) is 0.708. The second-order valence-corrected chi connectivity index (χ2v) is 10.1.